The van der Waals surface area contributed by atoms with Gasteiger partial charge in [0.25, 0.3) is 5.56 Å². The van der Waals surface area contributed by atoms with E-state index in [0.717, 1.165) is 42.0 Å². The van der Waals surface area contributed by atoms with Gasteiger partial charge in [0.15, 0.2) is 0 Å². The van der Waals surface area contributed by atoms with Gasteiger partial charge in [0.2, 0.25) is 5.91 Å². The summed E-state index contributed by atoms with van der Waals surface area (Å²) in [6.45, 7) is 5.76. The molecule has 6 nitrogen and oxygen atoms in total. The number of thiophene rings is 1. The van der Waals surface area contributed by atoms with Crippen LogP contribution in [0.5, 0.6) is 0 Å². The number of piperidine rings is 1. The van der Waals surface area contributed by atoms with E-state index in [2.05, 4.69) is 12.0 Å². The van der Waals surface area contributed by atoms with E-state index >= 15 is 0 Å². The molecule has 0 spiro atoms. The van der Waals surface area contributed by atoms with Gasteiger partial charge in [-0.15, -0.1) is 11.3 Å². The predicted molar refractivity (Wildman–Crippen MR) is 99.2 cm³/mol. The predicted octanol–water partition coefficient (Wildman–Crippen LogP) is 2.53. The third-order valence-electron chi connectivity index (χ3n) is 4.98. The van der Waals surface area contributed by atoms with Gasteiger partial charge in [0.05, 0.1) is 10.2 Å². The summed E-state index contributed by atoms with van der Waals surface area (Å²) in [6, 6.07) is 3.92. The van der Waals surface area contributed by atoms with Crippen molar-refractivity contribution in [2.24, 2.45) is 5.92 Å². The first-order chi connectivity index (χ1) is 12.1. The summed E-state index contributed by atoms with van der Waals surface area (Å²) in [6.07, 6.45) is 2.89. The number of amides is 1. The van der Waals surface area contributed by atoms with Crippen molar-refractivity contribution in [3.8, 4) is 0 Å². The Hall–Kier alpha value is -2.15. The summed E-state index contributed by atoms with van der Waals surface area (Å²) in [5.41, 5.74) is 1.43. The molecular formula is C18H22N4O2S. The van der Waals surface area contributed by atoms with Crippen LogP contribution in [0.25, 0.3) is 15.7 Å². The van der Waals surface area contributed by atoms with E-state index in [1.165, 1.54) is 4.68 Å². The average Bonchev–Trinajstić information content (AvgIpc) is 3.19. The van der Waals surface area contributed by atoms with Crippen molar-refractivity contribution in [1.82, 2.24) is 19.1 Å². The Balaban J connectivity index is 1.73. The molecule has 4 rings (SSSR count). The van der Waals surface area contributed by atoms with E-state index in [-0.39, 0.29) is 18.0 Å². The largest absolute Gasteiger partial charge is 0.341 e. The van der Waals surface area contributed by atoms with Gasteiger partial charge >= 0.3 is 0 Å². The van der Waals surface area contributed by atoms with Crippen LogP contribution in [-0.4, -0.2) is 38.1 Å². The highest BCUT2D eigenvalue weighted by molar-refractivity contribution is 7.17. The zero-order chi connectivity index (χ0) is 17.6. The number of hydrogen-bond acceptors (Lipinski definition) is 4. The fraction of sp³-hybridized carbons (Fsp3) is 0.500. The highest BCUT2D eigenvalue weighted by Crippen LogP contribution is 2.24. The quantitative estimate of drug-likeness (QED) is 0.723. The average molecular weight is 358 g/mol. The van der Waals surface area contributed by atoms with Crippen molar-refractivity contribution in [1.29, 1.82) is 0 Å². The van der Waals surface area contributed by atoms with Gasteiger partial charge in [0, 0.05) is 19.5 Å². The lowest BCUT2D eigenvalue weighted by Crippen LogP contribution is -2.43. The molecule has 0 N–H and O–H groups in total. The normalized spacial score (nSPS) is 18.3. The number of rotatable bonds is 3. The van der Waals surface area contributed by atoms with E-state index < -0.39 is 0 Å². The second-order valence-electron chi connectivity index (χ2n) is 6.85. The van der Waals surface area contributed by atoms with Gasteiger partial charge in [-0.05, 0) is 36.3 Å². The Labute approximate surface area is 149 Å². The molecule has 1 aliphatic rings. The van der Waals surface area contributed by atoms with E-state index in [4.69, 9.17) is 0 Å². The van der Waals surface area contributed by atoms with Gasteiger partial charge in [-0.3, -0.25) is 14.0 Å². The van der Waals surface area contributed by atoms with Gasteiger partial charge in [0.1, 0.15) is 17.9 Å². The molecule has 3 aromatic heterocycles. The summed E-state index contributed by atoms with van der Waals surface area (Å²) in [5, 5.41) is 6.52. The van der Waals surface area contributed by atoms with Crippen LogP contribution in [0.2, 0.25) is 0 Å². The summed E-state index contributed by atoms with van der Waals surface area (Å²) in [4.78, 5) is 27.4. The van der Waals surface area contributed by atoms with E-state index in [1.54, 1.807) is 11.3 Å². The summed E-state index contributed by atoms with van der Waals surface area (Å²) in [5.74, 6) is 1.32. The van der Waals surface area contributed by atoms with E-state index in [0.29, 0.717) is 17.9 Å². The molecule has 3 aromatic rings. The van der Waals surface area contributed by atoms with Crippen LogP contribution < -0.4 is 5.56 Å². The van der Waals surface area contributed by atoms with Crippen LogP contribution in [0.15, 0.2) is 22.3 Å². The van der Waals surface area contributed by atoms with Crippen LogP contribution in [-0.2, 0) is 17.8 Å². The second-order valence-corrected chi connectivity index (χ2v) is 7.80. The molecule has 0 aromatic carbocycles. The van der Waals surface area contributed by atoms with Crippen LogP contribution in [0.3, 0.4) is 0 Å². The molecule has 0 bridgehead atoms. The fourth-order valence-electron chi connectivity index (χ4n) is 3.70. The second kappa shape index (κ2) is 6.29. The molecule has 132 valence electrons. The van der Waals surface area contributed by atoms with Crippen molar-refractivity contribution < 1.29 is 4.79 Å². The third kappa shape index (κ3) is 2.76. The molecule has 0 radical (unpaired) electrons. The number of likely N-dealkylation sites (tertiary alicyclic amines) is 1. The van der Waals surface area contributed by atoms with Crippen LogP contribution in [0.4, 0.5) is 0 Å². The lowest BCUT2D eigenvalue weighted by atomic mass is 10.0. The summed E-state index contributed by atoms with van der Waals surface area (Å²) < 4.78 is 4.35. The third-order valence-corrected chi connectivity index (χ3v) is 5.83. The van der Waals surface area contributed by atoms with E-state index in [9.17, 15) is 9.59 Å². The molecule has 0 saturated carbocycles. The number of fused-ring (bicyclic) bond motifs is 3. The first-order valence-electron chi connectivity index (χ1n) is 8.85. The molecule has 1 amide bonds. The van der Waals surface area contributed by atoms with Crippen LogP contribution in [0.1, 0.15) is 32.5 Å². The molecule has 1 aliphatic heterocycles. The van der Waals surface area contributed by atoms with Gasteiger partial charge < -0.3 is 4.90 Å². The first kappa shape index (κ1) is 16.3. The fourth-order valence-corrected chi connectivity index (χ4v) is 4.51. The summed E-state index contributed by atoms with van der Waals surface area (Å²) >= 11 is 1.61. The number of hydrogen-bond donors (Lipinski definition) is 0. The molecule has 0 unspecified atom stereocenters. The molecule has 25 heavy (non-hydrogen) atoms. The molecule has 1 saturated heterocycles. The van der Waals surface area contributed by atoms with Crippen molar-refractivity contribution in [2.75, 3.05) is 13.1 Å². The van der Waals surface area contributed by atoms with Crippen LogP contribution >= 0.6 is 11.3 Å². The Morgan fingerprint density at radius 1 is 1.40 bits per heavy atom. The van der Waals surface area contributed by atoms with Crippen molar-refractivity contribution in [3.05, 3.63) is 33.7 Å². The summed E-state index contributed by atoms with van der Waals surface area (Å²) in [7, 11) is 0. The molecule has 0 aliphatic carbocycles. The van der Waals surface area contributed by atoms with Crippen molar-refractivity contribution in [3.63, 3.8) is 0 Å². The Morgan fingerprint density at radius 3 is 3.00 bits per heavy atom. The molecule has 1 fully saturated rings. The minimum Gasteiger partial charge on any atom is -0.341 e. The minimum absolute atomic E-state index is 0.0130. The molecule has 1 atom stereocenters. The SMILES string of the molecule is CCc1nn(CC(=O)N2CCC[C@@H](C)C2)c(=O)c2cc3sccc3n12. The maximum absolute atomic E-state index is 12.9. The Morgan fingerprint density at radius 2 is 2.24 bits per heavy atom. The Bertz CT molecular complexity index is 1000. The number of carbonyl (C=O) groups is 1. The number of aromatic nitrogens is 3. The molecular weight excluding hydrogens is 336 g/mol. The number of aryl methyl sites for hydroxylation is 1. The molecule has 4 heterocycles. The lowest BCUT2D eigenvalue weighted by Gasteiger charge is -2.31. The highest BCUT2D eigenvalue weighted by Gasteiger charge is 2.22. The zero-order valence-corrected chi connectivity index (χ0v) is 15.4. The smallest absolute Gasteiger partial charge is 0.291 e. The van der Waals surface area contributed by atoms with Gasteiger partial charge in [-0.25, -0.2) is 4.68 Å². The van der Waals surface area contributed by atoms with Crippen molar-refractivity contribution >= 4 is 33.0 Å². The maximum atomic E-state index is 12.9. The first-order valence-corrected chi connectivity index (χ1v) is 9.73. The Kier molecular flexibility index (Phi) is 4.11. The standard InChI is InChI=1S/C18H22N4O2S/c1-3-16-19-21(11-17(23)20-7-4-5-12(2)10-20)18(24)14-9-15-13(22(14)16)6-8-25-15/h6,8-9,12H,3-5,7,10-11H2,1-2H3/t12-/m1/s1. The van der Waals surface area contributed by atoms with Crippen LogP contribution in [0, 0.1) is 5.92 Å². The van der Waals surface area contributed by atoms with Gasteiger partial charge in [-0.2, -0.15) is 5.10 Å². The minimum atomic E-state index is -0.195. The van der Waals surface area contributed by atoms with Crippen molar-refractivity contribution in [2.45, 2.75) is 39.7 Å². The monoisotopic (exact) mass is 358 g/mol. The zero-order valence-electron chi connectivity index (χ0n) is 14.6. The van der Waals surface area contributed by atoms with E-state index in [1.807, 2.05) is 33.7 Å². The molecule has 7 heteroatoms. The highest BCUT2D eigenvalue weighted by atomic mass is 32.1. The van der Waals surface area contributed by atoms with Gasteiger partial charge in [-0.1, -0.05) is 13.8 Å². The lowest BCUT2D eigenvalue weighted by molar-refractivity contribution is -0.133. The topological polar surface area (TPSA) is 59.6 Å². The maximum Gasteiger partial charge on any atom is 0.291 e. The number of carbonyl (C=O) groups excluding carboxylic acids is 1. The number of nitrogens with zero attached hydrogens (tertiary/aromatic N) is 4.